The lowest BCUT2D eigenvalue weighted by Gasteiger charge is -1.99. The number of aromatic nitrogens is 2. The molecule has 3 rings (SSSR count). The molecule has 0 bridgehead atoms. The number of halogens is 2. The van der Waals surface area contributed by atoms with E-state index >= 15 is 0 Å². The maximum Gasteiger partial charge on any atom is 0.259 e. The predicted molar refractivity (Wildman–Crippen MR) is 82.3 cm³/mol. The van der Waals surface area contributed by atoms with Crippen molar-refractivity contribution in [2.75, 3.05) is 5.73 Å². The maximum absolute atomic E-state index is 6.12. The third kappa shape index (κ3) is 2.55. The first kappa shape index (κ1) is 13.1. The third-order valence-electron chi connectivity index (χ3n) is 2.73. The van der Waals surface area contributed by atoms with Gasteiger partial charge in [0.1, 0.15) is 0 Å². The van der Waals surface area contributed by atoms with Crippen LogP contribution in [0, 0.1) is 0 Å². The fourth-order valence-electron chi connectivity index (χ4n) is 1.78. The quantitative estimate of drug-likeness (QED) is 0.696. The Morgan fingerprint density at radius 1 is 1.15 bits per heavy atom. The van der Waals surface area contributed by atoms with Crippen LogP contribution in [-0.4, -0.2) is 10.1 Å². The van der Waals surface area contributed by atoms with Gasteiger partial charge >= 0.3 is 0 Å². The molecule has 0 spiro atoms. The van der Waals surface area contributed by atoms with Gasteiger partial charge in [0.25, 0.3) is 5.89 Å². The first-order valence-electron chi connectivity index (χ1n) is 5.78. The predicted octanol–water partition coefficient (Wildman–Crippen LogP) is 4.40. The Morgan fingerprint density at radius 2 is 2.00 bits per heavy atom. The highest BCUT2D eigenvalue weighted by Gasteiger charge is 2.13. The van der Waals surface area contributed by atoms with Gasteiger partial charge in [-0.1, -0.05) is 44.8 Å². The van der Waals surface area contributed by atoms with Crippen LogP contribution in [0.25, 0.3) is 22.8 Å². The molecular formula is C14H9BrClN3O. The van der Waals surface area contributed by atoms with E-state index in [1.165, 1.54) is 0 Å². The van der Waals surface area contributed by atoms with Crippen LogP contribution in [0.5, 0.6) is 0 Å². The molecule has 0 unspecified atom stereocenters. The molecule has 0 aliphatic heterocycles. The number of nitrogens with zero attached hydrogens (tertiary/aromatic N) is 2. The zero-order valence-electron chi connectivity index (χ0n) is 10.2. The molecule has 0 aliphatic carbocycles. The summed E-state index contributed by atoms with van der Waals surface area (Å²) < 4.78 is 6.21. The summed E-state index contributed by atoms with van der Waals surface area (Å²) in [5.41, 5.74) is 7.82. The average molecular weight is 351 g/mol. The Morgan fingerprint density at radius 3 is 2.80 bits per heavy atom. The van der Waals surface area contributed by atoms with Crippen LogP contribution < -0.4 is 5.73 Å². The number of rotatable bonds is 2. The van der Waals surface area contributed by atoms with Crippen molar-refractivity contribution in [1.82, 2.24) is 10.1 Å². The Hall–Kier alpha value is -1.85. The van der Waals surface area contributed by atoms with Gasteiger partial charge in [-0.3, -0.25) is 0 Å². The minimum absolute atomic E-state index is 0.345. The highest BCUT2D eigenvalue weighted by molar-refractivity contribution is 9.10. The second kappa shape index (κ2) is 5.26. The zero-order valence-corrected chi connectivity index (χ0v) is 12.5. The third-order valence-corrected chi connectivity index (χ3v) is 3.55. The molecule has 2 aromatic carbocycles. The van der Waals surface area contributed by atoms with Gasteiger partial charge in [0.15, 0.2) is 0 Å². The zero-order chi connectivity index (χ0) is 14.1. The minimum atomic E-state index is 0.345. The second-order valence-corrected chi connectivity index (χ2v) is 5.50. The van der Waals surface area contributed by atoms with Crippen molar-refractivity contribution < 1.29 is 4.52 Å². The molecule has 100 valence electrons. The van der Waals surface area contributed by atoms with E-state index in [0.29, 0.717) is 28.0 Å². The van der Waals surface area contributed by atoms with E-state index in [9.17, 15) is 0 Å². The average Bonchev–Trinajstić information content (AvgIpc) is 2.91. The number of hydrogen-bond acceptors (Lipinski definition) is 4. The van der Waals surface area contributed by atoms with Crippen molar-refractivity contribution >= 4 is 33.2 Å². The molecule has 0 fully saturated rings. The Bertz CT molecular complexity index is 773. The van der Waals surface area contributed by atoms with Gasteiger partial charge in [0.2, 0.25) is 5.82 Å². The molecule has 20 heavy (non-hydrogen) atoms. The van der Waals surface area contributed by atoms with E-state index in [4.69, 9.17) is 21.9 Å². The molecule has 1 heterocycles. The van der Waals surface area contributed by atoms with Crippen molar-refractivity contribution in [1.29, 1.82) is 0 Å². The van der Waals surface area contributed by atoms with E-state index in [-0.39, 0.29) is 0 Å². The molecule has 0 saturated carbocycles. The van der Waals surface area contributed by atoms with Crippen molar-refractivity contribution in [3.05, 3.63) is 52.0 Å². The number of anilines is 1. The summed E-state index contributed by atoms with van der Waals surface area (Å²) in [7, 11) is 0. The number of benzene rings is 2. The Kier molecular flexibility index (Phi) is 3.46. The van der Waals surface area contributed by atoms with Crippen molar-refractivity contribution in [2.24, 2.45) is 0 Å². The van der Waals surface area contributed by atoms with E-state index in [1.54, 1.807) is 18.2 Å². The molecule has 0 aliphatic rings. The number of nitrogens with two attached hydrogens (primary N) is 1. The molecule has 0 amide bonds. The summed E-state index contributed by atoms with van der Waals surface area (Å²) in [5, 5.41) is 4.49. The maximum atomic E-state index is 6.12. The molecule has 6 heteroatoms. The molecule has 2 N–H and O–H groups in total. The summed E-state index contributed by atoms with van der Waals surface area (Å²) >= 11 is 9.53. The summed E-state index contributed by atoms with van der Waals surface area (Å²) in [6.07, 6.45) is 0. The van der Waals surface area contributed by atoms with Gasteiger partial charge < -0.3 is 10.3 Å². The fraction of sp³-hybridized carbons (Fsp3) is 0. The second-order valence-electron chi connectivity index (χ2n) is 4.17. The topological polar surface area (TPSA) is 64.9 Å². The van der Waals surface area contributed by atoms with Crippen LogP contribution in [0.1, 0.15) is 0 Å². The van der Waals surface area contributed by atoms with Crippen LogP contribution in [0.15, 0.2) is 51.5 Å². The van der Waals surface area contributed by atoms with Crippen LogP contribution >= 0.6 is 27.5 Å². The molecule has 1 aromatic heterocycles. The van der Waals surface area contributed by atoms with Crippen LogP contribution in [0.2, 0.25) is 5.02 Å². The lowest BCUT2D eigenvalue weighted by Crippen LogP contribution is -1.87. The molecule has 0 saturated heterocycles. The lowest BCUT2D eigenvalue weighted by atomic mass is 10.2. The molecule has 0 radical (unpaired) electrons. The monoisotopic (exact) mass is 349 g/mol. The van der Waals surface area contributed by atoms with E-state index in [0.717, 1.165) is 10.0 Å². The van der Waals surface area contributed by atoms with Crippen LogP contribution in [0.3, 0.4) is 0 Å². The van der Waals surface area contributed by atoms with Crippen molar-refractivity contribution in [3.8, 4) is 22.8 Å². The van der Waals surface area contributed by atoms with Crippen molar-refractivity contribution in [2.45, 2.75) is 0 Å². The van der Waals surface area contributed by atoms with Gasteiger partial charge in [-0.2, -0.15) is 4.98 Å². The number of hydrogen-bond donors (Lipinski definition) is 1. The van der Waals surface area contributed by atoms with Crippen LogP contribution in [-0.2, 0) is 0 Å². The summed E-state index contributed by atoms with van der Waals surface area (Å²) in [6.45, 7) is 0. The Balaban J connectivity index is 2.04. The first-order valence-corrected chi connectivity index (χ1v) is 6.95. The minimum Gasteiger partial charge on any atom is -0.399 e. The molecule has 0 atom stereocenters. The van der Waals surface area contributed by atoms with Crippen LogP contribution in [0.4, 0.5) is 5.69 Å². The largest absolute Gasteiger partial charge is 0.399 e. The van der Waals surface area contributed by atoms with Gasteiger partial charge in [-0.25, -0.2) is 0 Å². The highest BCUT2D eigenvalue weighted by atomic mass is 79.9. The SMILES string of the molecule is Nc1ccc(Cl)c(-c2nc(-c3cccc(Br)c3)no2)c1. The normalized spacial score (nSPS) is 10.7. The number of nitrogen functional groups attached to an aromatic ring is 1. The lowest BCUT2D eigenvalue weighted by molar-refractivity contribution is 0.432. The molecule has 3 aromatic rings. The summed E-state index contributed by atoms with van der Waals surface area (Å²) in [5.74, 6) is 0.845. The molecule has 4 nitrogen and oxygen atoms in total. The van der Waals surface area contributed by atoms with Gasteiger partial charge in [-0.05, 0) is 30.3 Å². The fourth-order valence-corrected chi connectivity index (χ4v) is 2.38. The van der Waals surface area contributed by atoms with E-state index < -0.39 is 0 Å². The smallest absolute Gasteiger partial charge is 0.259 e. The van der Waals surface area contributed by atoms with Crippen molar-refractivity contribution in [3.63, 3.8) is 0 Å². The van der Waals surface area contributed by atoms with Gasteiger partial charge in [-0.15, -0.1) is 0 Å². The van der Waals surface area contributed by atoms with Gasteiger partial charge in [0, 0.05) is 15.7 Å². The Labute approximate surface area is 128 Å². The summed E-state index contributed by atoms with van der Waals surface area (Å²) in [4.78, 5) is 4.36. The van der Waals surface area contributed by atoms with E-state index in [2.05, 4.69) is 26.1 Å². The highest BCUT2D eigenvalue weighted by Crippen LogP contribution is 2.30. The summed E-state index contributed by atoms with van der Waals surface area (Å²) in [6, 6.07) is 12.8. The molecular weight excluding hydrogens is 342 g/mol. The van der Waals surface area contributed by atoms with E-state index in [1.807, 2.05) is 24.3 Å². The first-order chi connectivity index (χ1) is 9.63. The standard InChI is InChI=1S/C14H9BrClN3O/c15-9-3-1-2-8(6-9)13-18-14(20-19-13)11-7-10(17)4-5-12(11)16/h1-7H,17H2. The van der Waals surface area contributed by atoms with Gasteiger partial charge in [0.05, 0.1) is 10.6 Å².